The van der Waals surface area contributed by atoms with Gasteiger partial charge in [-0.2, -0.15) is 0 Å². The van der Waals surface area contributed by atoms with Crippen molar-refractivity contribution in [3.8, 4) is 23.0 Å². The number of rotatable bonds is 49. The number of aromatic hydroxyl groups is 2. The molecule has 18 amide bonds. The highest BCUT2D eigenvalue weighted by Gasteiger charge is 2.54. The number of phenols is 2. The summed E-state index contributed by atoms with van der Waals surface area (Å²) in [5.41, 5.74) is 19.2. The molecule has 4 aromatic rings. The van der Waals surface area contributed by atoms with Crippen molar-refractivity contribution < 1.29 is 136 Å². The molecule has 132 heavy (non-hydrogen) atoms. The summed E-state index contributed by atoms with van der Waals surface area (Å²) in [7, 11) is 0. The lowest BCUT2D eigenvalue weighted by molar-refractivity contribution is -0.142. The predicted molar refractivity (Wildman–Crippen MR) is 455 cm³/mol. The average Bonchev–Trinajstić information content (AvgIpc) is 1.49. The van der Waals surface area contributed by atoms with Gasteiger partial charge in [-0.25, -0.2) is 24.8 Å². The lowest BCUT2D eigenvalue weighted by Gasteiger charge is -2.36. The summed E-state index contributed by atoms with van der Waals surface area (Å²) in [6.07, 6.45) is -2.38. The molecule has 51 heteroatoms. The summed E-state index contributed by atoms with van der Waals surface area (Å²) >= 11 is 0. The number of hydrazine groups is 1. The highest BCUT2D eigenvalue weighted by atomic mass is 16.6. The number of carbonyl (C=O) groups excluding carboxylic acids is 18. The number of hydrogen-bond acceptors (Lipinski definition) is 27. The number of aliphatic carboxylic acids is 3. The number of hydrogen-bond donors (Lipinski definition) is 27. The smallest absolute Gasteiger partial charge is 0.340 e. The van der Waals surface area contributed by atoms with Crippen LogP contribution in [0.2, 0.25) is 0 Å². The number of H-pyrrole nitrogens is 1. The second-order valence-corrected chi connectivity index (χ2v) is 31.4. The fourth-order valence-corrected chi connectivity index (χ4v) is 13.2. The third-order valence-electron chi connectivity index (χ3n) is 20.7. The van der Waals surface area contributed by atoms with Crippen molar-refractivity contribution in [2.75, 3.05) is 13.1 Å². The van der Waals surface area contributed by atoms with Crippen molar-refractivity contribution in [3.63, 3.8) is 0 Å². The second kappa shape index (κ2) is 48.4. The van der Waals surface area contributed by atoms with Crippen LogP contribution in [0.4, 0.5) is 4.79 Å². The van der Waals surface area contributed by atoms with Crippen LogP contribution in [0.15, 0.2) is 67.1 Å². The summed E-state index contributed by atoms with van der Waals surface area (Å²) < 4.78 is 12.1. The summed E-state index contributed by atoms with van der Waals surface area (Å²) in [4.78, 5) is 286. The van der Waals surface area contributed by atoms with Crippen LogP contribution in [-0.4, -0.2) is 258 Å². The molecule has 0 fully saturated rings. The molecule has 3 aromatic carbocycles. The van der Waals surface area contributed by atoms with E-state index in [1.54, 1.807) is 6.92 Å². The van der Waals surface area contributed by atoms with Gasteiger partial charge in [-0.1, -0.05) is 34.1 Å². The van der Waals surface area contributed by atoms with Crippen LogP contribution in [0.5, 0.6) is 23.0 Å². The molecule has 0 bridgehead atoms. The van der Waals surface area contributed by atoms with E-state index in [-0.39, 0.29) is 101 Å². The quantitative estimate of drug-likeness (QED) is 0.00643. The number of nitrogens with two attached hydrogens (primary N) is 3. The Morgan fingerprint density at radius 3 is 1.47 bits per heavy atom. The summed E-state index contributed by atoms with van der Waals surface area (Å²) in [6.45, 7) is 11.2. The molecule has 716 valence electrons. The van der Waals surface area contributed by atoms with Gasteiger partial charge in [0.25, 0.3) is 11.8 Å². The zero-order valence-electron chi connectivity index (χ0n) is 73.0. The van der Waals surface area contributed by atoms with Gasteiger partial charge in [0, 0.05) is 72.8 Å². The van der Waals surface area contributed by atoms with Gasteiger partial charge in [0.05, 0.1) is 30.6 Å². The summed E-state index contributed by atoms with van der Waals surface area (Å²) in [5.74, 6) is -24.5. The van der Waals surface area contributed by atoms with Gasteiger partial charge in [0.2, 0.25) is 82.7 Å². The number of primary amides is 2. The Balaban J connectivity index is 1.02. The Labute approximate surface area is 752 Å². The number of esters is 1. The van der Waals surface area contributed by atoms with Crippen LogP contribution in [0.1, 0.15) is 170 Å². The maximum absolute atomic E-state index is 14.2. The first-order valence-corrected chi connectivity index (χ1v) is 41.3. The lowest BCUT2D eigenvalue weighted by Crippen LogP contribution is -2.61. The molecule has 1 aromatic heterocycles. The first-order chi connectivity index (χ1) is 62.0. The maximum atomic E-state index is 14.2. The molecule has 0 saturated carbocycles. The number of carbonyl (C=O) groups is 21. The van der Waals surface area contributed by atoms with Gasteiger partial charge < -0.3 is 137 Å². The maximum Gasteiger partial charge on any atom is 0.340 e. The largest absolute Gasteiger partial charge is 0.508 e. The van der Waals surface area contributed by atoms with E-state index in [1.807, 2.05) is 5.43 Å². The number of aromatic amines is 1. The molecule has 51 nitrogen and oxygen atoms in total. The minimum absolute atomic E-state index is 0.0309. The molecule has 0 aliphatic carbocycles. The molecule has 0 unspecified atom stereocenters. The van der Waals surface area contributed by atoms with Crippen LogP contribution in [0, 0.1) is 17.2 Å². The van der Waals surface area contributed by atoms with Crippen molar-refractivity contribution in [3.05, 3.63) is 101 Å². The third-order valence-corrected chi connectivity index (χ3v) is 20.7. The molecule has 1 spiro atoms. The normalized spacial score (nSPS) is 15.1. The number of carboxylic acids is 3. The SMILES string of the molecule is CC[C@H](C)[C@H](NC(=O)[C@H](CCC(=O)O)NC(=O)[C@H](C)NC(=O)[C@H](Cc1c[nH]cn1)NC(=O)[C@H](C)NC(=O)[C@H](C)NC(=O)NNC(=O)[C@@H](NC(=O)[C@H](C)NC(=O)[C@H](CCC(N)=O)NC(=O)c1ccc2c(c1)C1(OC2=O)c2ccc(O)cc2Oc2cc(O)ccc21)C(C)C)C(=O)N[C@@H](CC(N)=O)C(=O)N[C@@H](CCC(=O)O)C(=O)N[C@@H](C)C(=O)NCC(=O)N[C@@H](CCCNC(=N)N)C(=O)O. The minimum atomic E-state index is -1.98. The monoisotopic (exact) mass is 1850 g/mol. The molecular formula is C81H109N23O28. The van der Waals surface area contributed by atoms with Crippen molar-refractivity contribution in [1.82, 2.24) is 101 Å². The van der Waals surface area contributed by atoms with Crippen molar-refractivity contribution in [1.29, 1.82) is 5.41 Å². The number of fused-ring (bicyclic) bond motifs is 6. The van der Waals surface area contributed by atoms with E-state index < -0.39 is 265 Å². The van der Waals surface area contributed by atoms with Gasteiger partial charge >= 0.3 is 29.9 Å². The lowest BCUT2D eigenvalue weighted by atomic mass is 9.77. The zero-order chi connectivity index (χ0) is 98.5. The number of aromatic nitrogens is 2. The van der Waals surface area contributed by atoms with Crippen molar-refractivity contribution in [2.45, 2.75) is 217 Å². The summed E-state index contributed by atoms with van der Waals surface area (Å²) in [6, 6.07) is -10.1. The van der Waals surface area contributed by atoms with Crippen LogP contribution in [-0.2, 0) is 103 Å². The molecule has 2 aliphatic heterocycles. The average molecular weight is 1850 g/mol. The van der Waals surface area contributed by atoms with E-state index in [4.69, 9.17) is 32.1 Å². The number of benzene rings is 3. The molecular weight excluding hydrogens is 1740 g/mol. The van der Waals surface area contributed by atoms with Gasteiger partial charge in [0.1, 0.15) is 102 Å². The van der Waals surface area contributed by atoms with Crippen molar-refractivity contribution in [2.24, 2.45) is 29.0 Å². The number of imidazole rings is 1. The first kappa shape index (κ1) is 105. The van der Waals surface area contributed by atoms with Crippen molar-refractivity contribution >= 4 is 130 Å². The number of amides is 18. The van der Waals surface area contributed by atoms with Crippen LogP contribution in [0.25, 0.3) is 0 Å². The molecule has 6 rings (SSSR count). The van der Waals surface area contributed by atoms with E-state index in [9.17, 15) is 126 Å². The fraction of sp³-hybridized carbons (Fsp3) is 0.469. The van der Waals surface area contributed by atoms with Gasteiger partial charge in [-0.3, -0.25) is 97.1 Å². The highest BCUT2D eigenvalue weighted by molar-refractivity contribution is 6.04. The van der Waals surface area contributed by atoms with Gasteiger partial charge in [-0.05, 0) is 121 Å². The molecule has 2 aliphatic rings. The fourth-order valence-electron chi connectivity index (χ4n) is 13.2. The highest BCUT2D eigenvalue weighted by Crippen LogP contribution is 2.57. The number of phenolic OH excluding ortho intramolecular Hbond substituents is 2. The van der Waals surface area contributed by atoms with Crippen LogP contribution >= 0.6 is 0 Å². The van der Waals surface area contributed by atoms with E-state index in [1.165, 1.54) is 109 Å². The number of ether oxygens (including phenoxy) is 2. The number of nitrogens with zero attached hydrogens (tertiary/aromatic N) is 1. The standard InChI is InChI=1S/C81H109N23O28/c1-10-35(4)63(75(125)100-54(30-58(83)108)74(124)98-50(20-23-60(110)111)71(121)91-36(5)64(114)88-32-59(109)95-52(77(127)128)12-11-25-87-79(84)85)102-72(122)51(21-24-61(112)113)96-66(116)38(7)93-73(123)53(27-42-31-86-33-89-42)99-67(117)37(6)90-65(115)40(9)94-80(130)104-103-76(126)62(34(2)3)101-68(118)39(8)92-70(120)49(19-22-57(82)107)97-69(119)41-13-16-45-48(26-41)81(132-78(45)129)46-17-14-43(105)28-55(46)131-56-29-44(106)15-18-47(56)81/h13-18,26,28-29,31,33-40,49-54,62-63,105-106H,10-12,19-25,27,30,32H2,1-9H3,(H2,82,107)(H2,83,108)(H,86,89)(H,88,114)(H,90,115)(H,91,121)(H,92,120)(H,93,123)(H,95,109)(H,96,116)(H,97,119)(H,98,124)(H,99,117)(H,100,125)(H,101,118)(H,102,122)(H,103,126)(H,110,111)(H,112,113)(H,127,128)(H4,84,85,87)(H2,94,104,130)/t35-,36-,37-,38-,39-,40-,49-,50-,51-,52-,53-,54-,62-,63-/m0/s1. The third kappa shape index (κ3) is 30.5. The molecule has 30 N–H and O–H groups in total. The van der Waals surface area contributed by atoms with E-state index in [2.05, 4.69) is 95.1 Å². The van der Waals surface area contributed by atoms with Gasteiger partial charge in [-0.15, -0.1) is 0 Å². The first-order valence-electron chi connectivity index (χ1n) is 41.3. The van der Waals surface area contributed by atoms with Gasteiger partial charge in [0.15, 0.2) is 11.6 Å². The Morgan fingerprint density at radius 1 is 0.477 bits per heavy atom. The molecule has 14 atom stereocenters. The number of nitrogens with one attached hydrogen (secondary N) is 19. The minimum Gasteiger partial charge on any atom is -0.508 e. The topological polar surface area (TPSA) is 813 Å². The van der Waals surface area contributed by atoms with Crippen LogP contribution in [0.3, 0.4) is 0 Å². The molecule has 0 saturated heterocycles. The van der Waals surface area contributed by atoms with E-state index in [0.717, 1.165) is 13.8 Å². The Hall–Kier alpha value is -15.8. The number of guanidine groups is 1. The summed E-state index contributed by atoms with van der Waals surface area (Å²) in [5, 5.41) is 91.8. The predicted octanol–water partition coefficient (Wildman–Crippen LogP) is -6.10. The second-order valence-electron chi connectivity index (χ2n) is 31.4. The number of carboxylic acid groups (broad SMARTS) is 3. The zero-order valence-corrected chi connectivity index (χ0v) is 73.0. The Morgan fingerprint density at radius 2 is 0.955 bits per heavy atom. The Bertz CT molecular complexity index is 5000. The van der Waals surface area contributed by atoms with E-state index >= 15 is 0 Å². The molecule has 3 heterocycles. The molecule has 0 radical (unpaired) electrons. The number of urea groups is 1. The van der Waals surface area contributed by atoms with Crippen LogP contribution < -0.4 is 113 Å². The Kier molecular flexibility index (Phi) is 38.5. The van der Waals surface area contributed by atoms with E-state index in [0.29, 0.717) is 0 Å².